The number of nitro benzene ring substituents is 1. The number of hydrogen-bond acceptors (Lipinski definition) is 8. The number of nitrogens with zero attached hydrogens (tertiary/aromatic N) is 3. The lowest BCUT2D eigenvalue weighted by Crippen LogP contribution is -2.53. The van der Waals surface area contributed by atoms with Crippen LogP contribution in [0.3, 0.4) is 0 Å². The molecule has 52 heavy (non-hydrogen) atoms. The first-order valence-corrected chi connectivity index (χ1v) is 17.6. The number of amides is 4. The van der Waals surface area contributed by atoms with Crippen molar-refractivity contribution in [3.05, 3.63) is 139 Å². The molecule has 4 aromatic carbocycles. The molecule has 2 aliphatic carbocycles. The van der Waals surface area contributed by atoms with Gasteiger partial charge in [0.2, 0.25) is 11.8 Å². The molecule has 2 aliphatic heterocycles. The second-order valence-corrected chi connectivity index (χ2v) is 14.7. The fourth-order valence-electron chi connectivity index (χ4n) is 8.73. The van der Waals surface area contributed by atoms with E-state index in [0.717, 1.165) is 9.91 Å². The molecule has 0 radical (unpaired) electrons. The van der Waals surface area contributed by atoms with E-state index in [1.807, 2.05) is 6.08 Å². The van der Waals surface area contributed by atoms with Crippen molar-refractivity contribution in [2.75, 3.05) is 10.3 Å². The van der Waals surface area contributed by atoms with E-state index in [4.69, 9.17) is 11.6 Å². The van der Waals surface area contributed by atoms with Gasteiger partial charge in [0.05, 0.1) is 39.5 Å². The highest BCUT2D eigenvalue weighted by Crippen LogP contribution is 2.65. The van der Waals surface area contributed by atoms with Crippen LogP contribution in [-0.4, -0.2) is 38.7 Å². The van der Waals surface area contributed by atoms with Crippen LogP contribution in [0.1, 0.15) is 29.9 Å². The number of benzene rings is 4. The van der Waals surface area contributed by atoms with Crippen LogP contribution < -0.4 is 10.3 Å². The van der Waals surface area contributed by atoms with Crippen molar-refractivity contribution in [3.63, 3.8) is 0 Å². The van der Waals surface area contributed by atoms with Crippen molar-refractivity contribution in [1.29, 1.82) is 0 Å². The summed E-state index contributed by atoms with van der Waals surface area (Å²) in [5.41, 5.74) is 2.90. The van der Waals surface area contributed by atoms with Crippen LogP contribution in [0, 0.1) is 39.6 Å². The van der Waals surface area contributed by atoms with Crippen molar-refractivity contribution in [1.82, 2.24) is 5.01 Å². The number of phenolic OH excluding ortho intramolecular Hbond substituents is 1. The van der Waals surface area contributed by atoms with Crippen LogP contribution in [0.5, 0.6) is 5.75 Å². The van der Waals surface area contributed by atoms with Crippen LogP contribution >= 0.6 is 27.5 Å². The van der Waals surface area contributed by atoms with Crippen molar-refractivity contribution in [2.45, 2.75) is 24.2 Å². The number of fused-ring (bicyclic) bond motifs is 4. The zero-order chi connectivity index (χ0) is 36.6. The standard InChI is InChI=1S/C38H27BrClFN4O7/c39-20-3-16-31(46)29(17-20)33-26-14-15-27-32(36(49)43(34(27)47)24-10-12-25(13-11-24)45(51)52)28(26)18-30-35(48)44(42-23-8-6-22(41)7-9-23)37(50)38(30,33)19-1-4-21(40)5-2-19/h1-14,16-17,27-28,30,32-33,42,46H,15,18H2/t27-,28+,30-,32-,33+,38+/m0/s1. The molecule has 4 aliphatic rings. The minimum atomic E-state index is -1.66. The van der Waals surface area contributed by atoms with Gasteiger partial charge < -0.3 is 5.11 Å². The summed E-state index contributed by atoms with van der Waals surface area (Å²) in [5, 5.41) is 24.1. The number of carbonyl (C=O) groups excluding carboxylic acids is 4. The van der Waals surface area contributed by atoms with E-state index in [9.17, 15) is 34.0 Å². The van der Waals surface area contributed by atoms with E-state index < -0.39 is 69.4 Å². The van der Waals surface area contributed by atoms with Crippen molar-refractivity contribution < 1.29 is 33.6 Å². The number of rotatable bonds is 6. The summed E-state index contributed by atoms with van der Waals surface area (Å²) >= 11 is 9.83. The van der Waals surface area contributed by atoms with E-state index in [0.29, 0.717) is 26.2 Å². The van der Waals surface area contributed by atoms with E-state index in [-0.39, 0.29) is 35.7 Å². The Kier molecular flexibility index (Phi) is 8.03. The quantitative estimate of drug-likeness (QED) is 0.0915. The molecule has 11 nitrogen and oxygen atoms in total. The topological polar surface area (TPSA) is 150 Å². The summed E-state index contributed by atoms with van der Waals surface area (Å²) in [5.74, 6) is -7.40. The maximum absolute atomic E-state index is 15.2. The Hall–Kier alpha value is -5.40. The van der Waals surface area contributed by atoms with Crippen LogP contribution in [0.25, 0.3) is 0 Å². The van der Waals surface area contributed by atoms with Gasteiger partial charge in [0.15, 0.2) is 0 Å². The maximum atomic E-state index is 15.2. The zero-order valence-corrected chi connectivity index (χ0v) is 29.3. The number of aromatic hydroxyl groups is 1. The van der Waals surface area contributed by atoms with Crippen LogP contribution in [0.2, 0.25) is 5.02 Å². The summed E-state index contributed by atoms with van der Waals surface area (Å²) in [7, 11) is 0. The lowest BCUT2D eigenvalue weighted by atomic mass is 9.49. The normalized spacial score (nSPS) is 26.5. The van der Waals surface area contributed by atoms with Crippen LogP contribution in [0.4, 0.5) is 21.5 Å². The molecule has 0 bridgehead atoms. The first kappa shape index (κ1) is 33.7. The van der Waals surface area contributed by atoms with Gasteiger partial charge in [-0.1, -0.05) is 51.3 Å². The van der Waals surface area contributed by atoms with Gasteiger partial charge in [-0.25, -0.2) is 4.39 Å². The molecule has 262 valence electrons. The molecule has 0 unspecified atom stereocenters. The fourth-order valence-corrected chi connectivity index (χ4v) is 9.24. The summed E-state index contributed by atoms with van der Waals surface area (Å²) < 4.78 is 14.4. The highest BCUT2D eigenvalue weighted by molar-refractivity contribution is 9.10. The third-order valence-electron chi connectivity index (χ3n) is 10.9. The van der Waals surface area contributed by atoms with Crippen LogP contribution in [-0.2, 0) is 24.6 Å². The molecule has 8 rings (SSSR count). The van der Waals surface area contributed by atoms with E-state index in [1.165, 1.54) is 54.6 Å². The van der Waals surface area contributed by atoms with Crippen molar-refractivity contribution >= 4 is 68.2 Å². The second kappa shape index (κ2) is 12.4. The lowest BCUT2D eigenvalue weighted by molar-refractivity contribution is -0.384. The molecule has 3 fully saturated rings. The van der Waals surface area contributed by atoms with Gasteiger partial charge in [-0.05, 0) is 91.1 Å². The number of halogens is 3. The Balaban J connectivity index is 1.31. The Labute approximate surface area is 308 Å². The molecule has 2 heterocycles. The Morgan fingerprint density at radius 1 is 0.904 bits per heavy atom. The summed E-state index contributed by atoms with van der Waals surface area (Å²) in [6.07, 6.45) is 1.99. The van der Waals surface area contributed by atoms with Gasteiger partial charge in [0.25, 0.3) is 17.5 Å². The van der Waals surface area contributed by atoms with Gasteiger partial charge in [-0.15, -0.1) is 0 Å². The number of anilines is 2. The molecule has 2 N–H and O–H groups in total. The molecule has 1 saturated carbocycles. The third kappa shape index (κ3) is 4.97. The molecule has 2 saturated heterocycles. The molecular weight excluding hydrogens is 759 g/mol. The first-order valence-electron chi connectivity index (χ1n) is 16.4. The number of nitrogens with one attached hydrogen (secondary N) is 1. The zero-order valence-electron chi connectivity index (χ0n) is 26.9. The van der Waals surface area contributed by atoms with E-state index in [1.54, 1.807) is 36.4 Å². The molecule has 4 amide bonds. The highest BCUT2D eigenvalue weighted by Gasteiger charge is 2.70. The second-order valence-electron chi connectivity index (χ2n) is 13.4. The molecule has 6 atom stereocenters. The summed E-state index contributed by atoms with van der Waals surface area (Å²) in [4.78, 5) is 70.0. The van der Waals surface area contributed by atoms with E-state index >= 15 is 4.79 Å². The monoisotopic (exact) mass is 784 g/mol. The summed E-state index contributed by atoms with van der Waals surface area (Å²) in [6.45, 7) is 0. The molecular formula is C38H27BrClFN4O7. The first-order chi connectivity index (χ1) is 24.9. The smallest absolute Gasteiger partial charge is 0.269 e. The SMILES string of the molecule is O=C1[C@@H]2C[C@@H]3C(=CC[C@@H]4C(=O)N(c5ccc([N+](=O)[O-])cc5)C(=O)[C@@H]43)[C@H](c3cc(Br)ccc3O)[C@]2(c2ccc(Cl)cc2)C(=O)N1Nc1ccc(F)cc1. The minimum absolute atomic E-state index is 0.000183. The number of non-ortho nitro benzene ring substituents is 1. The minimum Gasteiger partial charge on any atom is -0.508 e. The maximum Gasteiger partial charge on any atom is 0.269 e. The largest absolute Gasteiger partial charge is 0.508 e. The Bertz CT molecular complexity index is 2230. The molecule has 14 heteroatoms. The molecule has 4 aromatic rings. The number of allylic oxidation sites excluding steroid dienone is 2. The fraction of sp³-hybridized carbons (Fsp3) is 0.211. The molecule has 0 spiro atoms. The van der Waals surface area contributed by atoms with Gasteiger partial charge in [0.1, 0.15) is 11.6 Å². The highest BCUT2D eigenvalue weighted by atomic mass is 79.9. The predicted molar refractivity (Wildman–Crippen MR) is 190 cm³/mol. The Morgan fingerprint density at radius 3 is 2.27 bits per heavy atom. The Morgan fingerprint density at radius 2 is 1.60 bits per heavy atom. The average molecular weight is 786 g/mol. The number of hydrazine groups is 1. The van der Waals surface area contributed by atoms with Crippen molar-refractivity contribution in [3.8, 4) is 5.75 Å². The predicted octanol–water partition coefficient (Wildman–Crippen LogP) is 7.04. The van der Waals surface area contributed by atoms with Gasteiger partial charge >= 0.3 is 0 Å². The average Bonchev–Trinajstić information content (AvgIpc) is 3.51. The number of nitro groups is 1. The lowest BCUT2D eigenvalue weighted by Gasteiger charge is -2.50. The number of imide groups is 2. The number of hydrogen-bond donors (Lipinski definition) is 2. The van der Waals surface area contributed by atoms with E-state index in [2.05, 4.69) is 21.4 Å². The summed E-state index contributed by atoms with van der Waals surface area (Å²) in [6, 6.07) is 21.7. The van der Waals surface area contributed by atoms with Gasteiger partial charge in [0, 0.05) is 33.1 Å². The third-order valence-corrected chi connectivity index (χ3v) is 11.6. The van der Waals surface area contributed by atoms with Gasteiger partial charge in [-0.2, -0.15) is 5.01 Å². The number of phenols is 1. The molecule has 0 aromatic heterocycles. The van der Waals surface area contributed by atoms with Gasteiger partial charge in [-0.3, -0.25) is 39.6 Å². The number of carbonyl (C=O) groups is 4. The van der Waals surface area contributed by atoms with Crippen molar-refractivity contribution in [2.24, 2.45) is 23.7 Å². The van der Waals surface area contributed by atoms with Crippen LogP contribution in [0.15, 0.2) is 107 Å².